The molecule has 0 radical (unpaired) electrons. The molecular weight excluding hydrogens is 268 g/mol. The number of rotatable bonds is 4. The van der Waals surface area contributed by atoms with Crippen molar-refractivity contribution in [3.05, 3.63) is 25.1 Å². The van der Waals surface area contributed by atoms with E-state index in [2.05, 4.69) is 6.58 Å². The van der Waals surface area contributed by atoms with Crippen LogP contribution in [0.3, 0.4) is 0 Å². The van der Waals surface area contributed by atoms with Crippen molar-refractivity contribution < 1.29 is 18.0 Å². The molecule has 1 rings (SSSR count). The zero-order chi connectivity index (χ0) is 13.2. The third kappa shape index (κ3) is 2.86. The van der Waals surface area contributed by atoms with E-state index in [0.717, 1.165) is 27.9 Å². The number of hydrogen-bond acceptors (Lipinski definition) is 4. The fourth-order valence-corrected chi connectivity index (χ4v) is 2.42. The highest BCUT2D eigenvalue weighted by atomic mass is 35.5. The van der Waals surface area contributed by atoms with Gasteiger partial charge in [-0.3, -0.25) is 14.5 Å². The number of carbonyl (C=O) groups is 2. The lowest BCUT2D eigenvalue weighted by atomic mass is 10.2. The summed E-state index contributed by atoms with van der Waals surface area (Å²) in [5, 5.41) is -0.921. The molecule has 1 heterocycles. The zero-order valence-electron chi connectivity index (χ0n) is 9.04. The predicted molar refractivity (Wildman–Crippen MR) is 62.5 cm³/mol. The van der Waals surface area contributed by atoms with Crippen LogP contribution in [-0.2, 0) is 14.8 Å². The fourth-order valence-electron chi connectivity index (χ4n) is 1.41. The summed E-state index contributed by atoms with van der Waals surface area (Å²) in [6.45, 7) is 3.38. The molecule has 0 fully saturated rings. The van der Waals surface area contributed by atoms with Gasteiger partial charge >= 0.3 is 5.37 Å². The van der Waals surface area contributed by atoms with Crippen LogP contribution >= 0.6 is 11.6 Å². The Morgan fingerprint density at radius 1 is 1.47 bits per heavy atom. The first-order valence-electron chi connectivity index (χ1n) is 4.57. The Kier molecular flexibility index (Phi) is 3.94. The first-order valence-corrected chi connectivity index (χ1v) is 6.80. The van der Waals surface area contributed by atoms with E-state index in [4.69, 9.17) is 11.6 Å². The number of ketones is 1. The summed E-state index contributed by atoms with van der Waals surface area (Å²) in [6, 6.07) is 0. The van der Waals surface area contributed by atoms with Gasteiger partial charge < -0.3 is 0 Å². The third-order valence-electron chi connectivity index (χ3n) is 2.10. The van der Waals surface area contributed by atoms with Crippen LogP contribution in [0.25, 0.3) is 0 Å². The summed E-state index contributed by atoms with van der Waals surface area (Å²) in [6.07, 6.45) is 3.24. The molecule has 1 aliphatic rings. The van der Waals surface area contributed by atoms with Gasteiger partial charge in [0.2, 0.25) is 10.0 Å². The normalized spacial score (nSPS) is 19.5. The first-order chi connectivity index (χ1) is 7.79. The summed E-state index contributed by atoms with van der Waals surface area (Å²) in [5.41, 5.74) is 0. The number of carbonyl (C=O) groups excluding carboxylic acids is 2. The average molecular weight is 279 g/mol. The van der Waals surface area contributed by atoms with Crippen LogP contribution in [0.2, 0.25) is 0 Å². The molecule has 0 spiro atoms. The zero-order valence-corrected chi connectivity index (χ0v) is 10.6. The molecule has 0 aromatic rings. The Morgan fingerprint density at radius 3 is 2.47 bits per heavy atom. The summed E-state index contributed by atoms with van der Waals surface area (Å²) >= 11 is 5.27. The van der Waals surface area contributed by atoms with Crippen molar-refractivity contribution in [1.82, 2.24) is 9.21 Å². The van der Waals surface area contributed by atoms with Gasteiger partial charge in [0.15, 0.2) is 11.9 Å². The predicted octanol–water partition coefficient (Wildman–Crippen LogP) is 0.865. The molecule has 1 aliphatic heterocycles. The van der Waals surface area contributed by atoms with Gasteiger partial charge in [-0.05, 0) is 11.6 Å². The smallest absolute Gasteiger partial charge is 0.295 e. The number of sulfonamides is 1. The number of nitrogens with zero attached hydrogens (tertiary/aromatic N) is 2. The number of amides is 1. The van der Waals surface area contributed by atoms with Gasteiger partial charge in [-0.15, -0.1) is 6.58 Å². The highest BCUT2D eigenvalue weighted by molar-refractivity contribution is 7.88. The van der Waals surface area contributed by atoms with Gasteiger partial charge in [0.1, 0.15) is 0 Å². The molecule has 0 aromatic heterocycles. The third-order valence-corrected chi connectivity index (χ3v) is 3.38. The lowest BCUT2D eigenvalue weighted by Crippen LogP contribution is -2.47. The summed E-state index contributed by atoms with van der Waals surface area (Å²) in [5.74, 6) is -0.482. The Morgan fingerprint density at radius 2 is 2.06 bits per heavy atom. The minimum Gasteiger partial charge on any atom is -0.295 e. The lowest BCUT2D eigenvalue weighted by Gasteiger charge is -2.26. The van der Waals surface area contributed by atoms with Gasteiger partial charge in [0.25, 0.3) is 0 Å². The van der Waals surface area contributed by atoms with Gasteiger partial charge in [-0.1, -0.05) is 6.08 Å². The van der Waals surface area contributed by atoms with E-state index < -0.39 is 27.3 Å². The standard InChI is InChI=1S/C9H11ClN2O4S/c1-3-4-7(13)8-11(9(10)14)5-6-12(8)17(2,15)16/h3,5-6,8H,1,4H2,2H3. The molecule has 0 N–H and O–H groups in total. The Labute approximate surface area is 104 Å². The van der Waals surface area contributed by atoms with E-state index in [-0.39, 0.29) is 6.42 Å². The van der Waals surface area contributed by atoms with E-state index in [9.17, 15) is 18.0 Å². The van der Waals surface area contributed by atoms with Crippen LogP contribution in [0, 0.1) is 0 Å². The molecule has 0 saturated carbocycles. The fraction of sp³-hybridized carbons (Fsp3) is 0.333. The van der Waals surface area contributed by atoms with E-state index in [1.54, 1.807) is 0 Å². The molecule has 0 aliphatic carbocycles. The Hall–Kier alpha value is -1.34. The summed E-state index contributed by atoms with van der Waals surface area (Å²) in [4.78, 5) is 23.7. The van der Waals surface area contributed by atoms with Crippen LogP contribution in [0.1, 0.15) is 6.42 Å². The molecule has 1 atom stereocenters. The van der Waals surface area contributed by atoms with Crippen molar-refractivity contribution in [1.29, 1.82) is 0 Å². The second kappa shape index (κ2) is 4.89. The van der Waals surface area contributed by atoms with Crippen molar-refractivity contribution in [3.63, 3.8) is 0 Å². The minimum atomic E-state index is -3.64. The van der Waals surface area contributed by atoms with Crippen LogP contribution in [-0.4, -0.2) is 41.2 Å². The molecular formula is C9H11ClN2O4S. The summed E-state index contributed by atoms with van der Waals surface area (Å²) < 4.78 is 23.7. The lowest BCUT2D eigenvalue weighted by molar-refractivity contribution is -0.123. The Bertz CT molecular complexity index is 485. The summed E-state index contributed by atoms with van der Waals surface area (Å²) in [7, 11) is -3.64. The maximum Gasteiger partial charge on any atom is 0.322 e. The van der Waals surface area contributed by atoms with Crippen molar-refractivity contribution in [2.45, 2.75) is 12.6 Å². The molecule has 17 heavy (non-hydrogen) atoms. The van der Waals surface area contributed by atoms with Crippen LogP contribution in [0.5, 0.6) is 0 Å². The van der Waals surface area contributed by atoms with E-state index >= 15 is 0 Å². The highest BCUT2D eigenvalue weighted by Crippen LogP contribution is 2.22. The van der Waals surface area contributed by atoms with Gasteiger partial charge in [-0.2, -0.15) is 0 Å². The molecule has 0 bridgehead atoms. The van der Waals surface area contributed by atoms with Gasteiger partial charge in [0.05, 0.1) is 6.26 Å². The molecule has 6 nitrogen and oxygen atoms in total. The number of allylic oxidation sites excluding steroid dienone is 1. The molecule has 0 aromatic carbocycles. The topological polar surface area (TPSA) is 74.8 Å². The largest absolute Gasteiger partial charge is 0.322 e. The molecule has 94 valence electrons. The highest BCUT2D eigenvalue weighted by Gasteiger charge is 2.39. The molecule has 8 heteroatoms. The van der Waals surface area contributed by atoms with Crippen LogP contribution in [0.15, 0.2) is 25.1 Å². The van der Waals surface area contributed by atoms with E-state index in [1.807, 2.05) is 0 Å². The molecule has 1 amide bonds. The van der Waals surface area contributed by atoms with Crippen LogP contribution in [0.4, 0.5) is 4.79 Å². The monoisotopic (exact) mass is 278 g/mol. The van der Waals surface area contributed by atoms with Crippen molar-refractivity contribution in [3.8, 4) is 0 Å². The van der Waals surface area contributed by atoms with Crippen molar-refractivity contribution >= 4 is 32.8 Å². The second-order valence-electron chi connectivity index (χ2n) is 3.38. The SMILES string of the molecule is C=CCC(=O)C1N(C(=O)Cl)C=CN1S(C)(=O)=O. The Balaban J connectivity index is 3.10. The maximum atomic E-state index is 11.7. The number of hydrogen-bond donors (Lipinski definition) is 0. The first kappa shape index (κ1) is 13.7. The average Bonchev–Trinajstić information content (AvgIpc) is 2.60. The van der Waals surface area contributed by atoms with E-state index in [1.165, 1.54) is 6.08 Å². The van der Waals surface area contributed by atoms with Crippen molar-refractivity contribution in [2.24, 2.45) is 0 Å². The number of halogens is 1. The van der Waals surface area contributed by atoms with E-state index in [0.29, 0.717) is 0 Å². The minimum absolute atomic E-state index is 0.0565. The molecule has 0 saturated heterocycles. The van der Waals surface area contributed by atoms with Gasteiger partial charge in [-0.25, -0.2) is 12.7 Å². The second-order valence-corrected chi connectivity index (χ2v) is 5.60. The van der Waals surface area contributed by atoms with Crippen molar-refractivity contribution in [2.75, 3.05) is 6.26 Å². The van der Waals surface area contributed by atoms with Crippen LogP contribution < -0.4 is 0 Å². The quantitative estimate of drug-likeness (QED) is 0.434. The number of Topliss-reactive ketones (excluding diaryl/α,β-unsaturated/α-hetero) is 1. The molecule has 1 unspecified atom stereocenters. The van der Waals surface area contributed by atoms with Gasteiger partial charge in [0, 0.05) is 18.8 Å². The maximum absolute atomic E-state index is 11.7.